The van der Waals surface area contributed by atoms with Crippen molar-refractivity contribution in [3.63, 3.8) is 0 Å². The summed E-state index contributed by atoms with van der Waals surface area (Å²) in [5.74, 6) is 0. The fourth-order valence-electron chi connectivity index (χ4n) is 2.85. The summed E-state index contributed by atoms with van der Waals surface area (Å²) in [7, 11) is 0. The van der Waals surface area contributed by atoms with Gasteiger partial charge < -0.3 is 5.32 Å². The Hall–Kier alpha value is -0.840. The van der Waals surface area contributed by atoms with Crippen molar-refractivity contribution in [3.8, 4) is 0 Å². The van der Waals surface area contributed by atoms with E-state index in [0.717, 1.165) is 24.9 Å². The minimum Gasteiger partial charge on any atom is -0.384 e. The molecule has 0 bridgehead atoms. The van der Waals surface area contributed by atoms with Crippen LogP contribution in [-0.4, -0.2) is 11.5 Å². The van der Waals surface area contributed by atoms with Gasteiger partial charge in [0, 0.05) is 26.9 Å². The van der Waals surface area contributed by atoms with E-state index in [1.165, 1.54) is 45.2 Å². The molecule has 0 saturated carbocycles. The van der Waals surface area contributed by atoms with Crippen LogP contribution in [0.4, 0.5) is 5.69 Å². The monoisotopic (exact) mass is 366 g/mol. The lowest BCUT2D eigenvalue weighted by Gasteiger charge is -2.21. The van der Waals surface area contributed by atoms with Gasteiger partial charge in [-0.15, -0.1) is 0 Å². The van der Waals surface area contributed by atoms with Gasteiger partial charge in [-0.1, -0.05) is 6.92 Å². The topological polar surface area (TPSA) is 24.9 Å². The summed E-state index contributed by atoms with van der Waals surface area (Å²) in [6, 6.07) is 6.56. The van der Waals surface area contributed by atoms with Gasteiger partial charge in [-0.05, 0) is 78.5 Å². The lowest BCUT2D eigenvalue weighted by atomic mass is 9.92. The number of rotatable bonds is 3. The lowest BCUT2D eigenvalue weighted by Crippen LogP contribution is -2.12. The average Bonchev–Trinajstić information content (AvgIpc) is 2.44. The Bertz CT molecular complexity index is 607. The van der Waals surface area contributed by atoms with E-state index < -0.39 is 0 Å². The second-order valence-electron chi connectivity index (χ2n) is 5.21. The first-order valence-corrected chi connectivity index (χ1v) is 8.22. The van der Waals surface area contributed by atoms with Crippen LogP contribution in [0.2, 0.25) is 0 Å². The van der Waals surface area contributed by atoms with Crippen molar-refractivity contribution < 1.29 is 0 Å². The van der Waals surface area contributed by atoms with Crippen molar-refractivity contribution in [1.82, 2.24) is 4.98 Å². The molecule has 0 radical (unpaired) electrons. The Labute approximate surface area is 128 Å². The molecule has 1 aliphatic rings. The molecular weight excluding hydrogens is 347 g/mol. The quantitative estimate of drug-likeness (QED) is 0.807. The molecule has 2 aromatic rings. The van der Waals surface area contributed by atoms with Crippen LogP contribution in [0.15, 0.2) is 18.2 Å². The number of benzene rings is 1. The van der Waals surface area contributed by atoms with E-state index in [1.54, 1.807) is 0 Å². The van der Waals surface area contributed by atoms with E-state index in [-0.39, 0.29) is 0 Å². The van der Waals surface area contributed by atoms with E-state index >= 15 is 0 Å². The van der Waals surface area contributed by atoms with Crippen molar-refractivity contribution in [2.24, 2.45) is 0 Å². The third-order valence-electron chi connectivity index (χ3n) is 3.78. The zero-order chi connectivity index (χ0) is 13.2. The molecule has 3 heteroatoms. The number of aromatic nitrogens is 1. The Morgan fingerprint density at radius 1 is 1.26 bits per heavy atom. The third-order valence-corrected chi connectivity index (χ3v) is 4.45. The fourth-order valence-corrected chi connectivity index (χ4v) is 3.34. The molecule has 3 rings (SSSR count). The highest BCUT2D eigenvalue weighted by Gasteiger charge is 2.17. The Balaban J connectivity index is 2.21. The SMILES string of the molecule is CCCNc1c2c(nc3ccc(I)cc13)CCCC2. The van der Waals surface area contributed by atoms with Crippen molar-refractivity contribution in [1.29, 1.82) is 0 Å². The first kappa shape index (κ1) is 13.2. The molecule has 19 heavy (non-hydrogen) atoms. The first-order chi connectivity index (χ1) is 9.29. The molecule has 0 spiro atoms. The summed E-state index contributed by atoms with van der Waals surface area (Å²) >= 11 is 2.38. The number of anilines is 1. The maximum Gasteiger partial charge on any atom is 0.0727 e. The van der Waals surface area contributed by atoms with E-state index in [0.29, 0.717) is 0 Å². The van der Waals surface area contributed by atoms with Gasteiger partial charge in [0.15, 0.2) is 0 Å². The molecule has 1 N–H and O–H groups in total. The van der Waals surface area contributed by atoms with E-state index in [9.17, 15) is 0 Å². The van der Waals surface area contributed by atoms with Crippen LogP contribution in [0, 0.1) is 3.57 Å². The molecule has 0 aliphatic heterocycles. The molecule has 0 amide bonds. The van der Waals surface area contributed by atoms with E-state index in [4.69, 9.17) is 4.98 Å². The number of pyridine rings is 1. The second kappa shape index (κ2) is 5.65. The molecule has 1 aromatic carbocycles. The van der Waals surface area contributed by atoms with Gasteiger partial charge in [-0.2, -0.15) is 0 Å². The standard InChI is InChI=1S/C16H19IN2/c1-2-9-18-16-12-5-3-4-6-14(12)19-15-8-7-11(17)10-13(15)16/h7-8,10H,2-6,9H2,1H3,(H,18,19). The third kappa shape index (κ3) is 2.57. The molecule has 1 aliphatic carbocycles. The molecular formula is C16H19IN2. The van der Waals surface area contributed by atoms with Crippen molar-refractivity contribution in [3.05, 3.63) is 33.0 Å². The van der Waals surface area contributed by atoms with Crippen LogP contribution < -0.4 is 5.32 Å². The van der Waals surface area contributed by atoms with Crippen LogP contribution in [0.1, 0.15) is 37.4 Å². The summed E-state index contributed by atoms with van der Waals surface area (Å²) in [6.45, 7) is 3.25. The first-order valence-electron chi connectivity index (χ1n) is 7.14. The molecule has 2 nitrogen and oxygen atoms in total. The van der Waals surface area contributed by atoms with Gasteiger partial charge in [-0.25, -0.2) is 0 Å². The second-order valence-corrected chi connectivity index (χ2v) is 6.45. The zero-order valence-corrected chi connectivity index (χ0v) is 13.5. The molecule has 0 unspecified atom stereocenters. The fraction of sp³-hybridized carbons (Fsp3) is 0.438. The summed E-state index contributed by atoms with van der Waals surface area (Å²) in [6.07, 6.45) is 6.05. The van der Waals surface area contributed by atoms with Crippen molar-refractivity contribution >= 4 is 39.2 Å². The van der Waals surface area contributed by atoms with E-state index in [1.807, 2.05) is 0 Å². The van der Waals surface area contributed by atoms with Crippen molar-refractivity contribution in [2.45, 2.75) is 39.0 Å². The van der Waals surface area contributed by atoms with Gasteiger partial charge in [-0.3, -0.25) is 4.98 Å². The van der Waals surface area contributed by atoms with Gasteiger partial charge in [0.1, 0.15) is 0 Å². The lowest BCUT2D eigenvalue weighted by molar-refractivity contribution is 0.672. The highest BCUT2D eigenvalue weighted by molar-refractivity contribution is 14.1. The number of aryl methyl sites for hydroxylation is 1. The maximum absolute atomic E-state index is 4.88. The van der Waals surface area contributed by atoms with Crippen LogP contribution in [0.3, 0.4) is 0 Å². The zero-order valence-electron chi connectivity index (χ0n) is 11.3. The average molecular weight is 366 g/mol. The number of hydrogen-bond acceptors (Lipinski definition) is 2. The minimum atomic E-state index is 1.04. The number of nitrogens with one attached hydrogen (secondary N) is 1. The van der Waals surface area contributed by atoms with Crippen LogP contribution in [-0.2, 0) is 12.8 Å². The van der Waals surface area contributed by atoms with Gasteiger partial charge in [0.25, 0.3) is 0 Å². The largest absolute Gasteiger partial charge is 0.384 e. The number of nitrogens with zero attached hydrogens (tertiary/aromatic N) is 1. The highest BCUT2D eigenvalue weighted by Crippen LogP contribution is 2.33. The summed E-state index contributed by atoms with van der Waals surface area (Å²) in [4.78, 5) is 4.88. The Morgan fingerprint density at radius 3 is 2.95 bits per heavy atom. The molecule has 100 valence electrons. The minimum absolute atomic E-state index is 1.04. The molecule has 1 heterocycles. The van der Waals surface area contributed by atoms with Crippen LogP contribution >= 0.6 is 22.6 Å². The Kier molecular flexibility index (Phi) is 3.91. The van der Waals surface area contributed by atoms with Gasteiger partial charge in [0.2, 0.25) is 0 Å². The predicted octanol–water partition coefficient (Wildman–Crippen LogP) is 4.54. The smallest absolute Gasteiger partial charge is 0.0727 e. The highest BCUT2D eigenvalue weighted by atomic mass is 127. The van der Waals surface area contributed by atoms with E-state index in [2.05, 4.69) is 53.0 Å². The Morgan fingerprint density at radius 2 is 2.11 bits per heavy atom. The maximum atomic E-state index is 4.88. The van der Waals surface area contributed by atoms with Crippen LogP contribution in [0.5, 0.6) is 0 Å². The molecule has 1 aromatic heterocycles. The predicted molar refractivity (Wildman–Crippen MR) is 89.9 cm³/mol. The molecule has 0 saturated heterocycles. The van der Waals surface area contributed by atoms with Gasteiger partial charge in [0.05, 0.1) is 5.52 Å². The summed E-state index contributed by atoms with van der Waals surface area (Å²) in [5, 5.41) is 4.94. The number of hydrogen-bond donors (Lipinski definition) is 1. The summed E-state index contributed by atoms with van der Waals surface area (Å²) in [5.41, 5.74) is 5.27. The molecule has 0 fully saturated rings. The number of halogens is 1. The summed E-state index contributed by atoms with van der Waals surface area (Å²) < 4.78 is 1.28. The molecule has 0 atom stereocenters. The van der Waals surface area contributed by atoms with Crippen LogP contribution in [0.25, 0.3) is 10.9 Å². The number of fused-ring (bicyclic) bond motifs is 2. The van der Waals surface area contributed by atoms with Crippen molar-refractivity contribution in [2.75, 3.05) is 11.9 Å². The normalized spacial score (nSPS) is 14.4. The van der Waals surface area contributed by atoms with Gasteiger partial charge >= 0.3 is 0 Å².